The summed E-state index contributed by atoms with van der Waals surface area (Å²) >= 11 is 0. The molecule has 0 aromatic carbocycles. The highest BCUT2D eigenvalue weighted by Crippen LogP contribution is 2.19. The maximum absolute atomic E-state index is 12.2. The number of likely N-dealkylation sites (tertiary alicyclic amines) is 1. The number of aliphatic hydroxyl groups excluding tert-OH is 1. The highest BCUT2D eigenvalue weighted by Gasteiger charge is 2.30. The van der Waals surface area contributed by atoms with E-state index in [1.165, 1.54) is 0 Å². The summed E-state index contributed by atoms with van der Waals surface area (Å²) in [5.41, 5.74) is 1.98. The third-order valence-corrected chi connectivity index (χ3v) is 5.05. The van der Waals surface area contributed by atoms with Crippen molar-refractivity contribution in [2.24, 2.45) is 0 Å². The molecular weight excluding hydrogens is 324 g/mol. The van der Waals surface area contributed by atoms with Gasteiger partial charge < -0.3 is 19.7 Å². The molecule has 8 heteroatoms. The Morgan fingerprint density at radius 3 is 2.68 bits per heavy atom. The number of aromatic nitrogens is 1. The van der Waals surface area contributed by atoms with Gasteiger partial charge in [-0.2, -0.15) is 0 Å². The summed E-state index contributed by atoms with van der Waals surface area (Å²) in [6.07, 6.45) is 0.169. The van der Waals surface area contributed by atoms with Crippen molar-refractivity contribution in [1.29, 1.82) is 0 Å². The highest BCUT2D eigenvalue weighted by atomic mass is 16.5. The molecule has 0 radical (unpaired) electrons. The first kappa shape index (κ1) is 18.3. The van der Waals surface area contributed by atoms with E-state index in [4.69, 9.17) is 9.26 Å². The zero-order chi connectivity index (χ0) is 17.8. The quantitative estimate of drug-likeness (QED) is 0.750. The Morgan fingerprint density at radius 2 is 2.04 bits per heavy atom. The Kier molecular flexibility index (Phi) is 6.06. The smallest absolute Gasteiger partial charge is 0.234 e. The van der Waals surface area contributed by atoms with Gasteiger partial charge in [-0.05, 0) is 20.3 Å². The number of carbonyl (C=O) groups excluding carboxylic acids is 1. The Balaban J connectivity index is 1.46. The second-order valence-electron chi connectivity index (χ2n) is 6.96. The fourth-order valence-corrected chi connectivity index (χ4v) is 3.48. The highest BCUT2D eigenvalue weighted by molar-refractivity contribution is 5.78. The van der Waals surface area contributed by atoms with E-state index < -0.39 is 6.10 Å². The Labute approximate surface area is 148 Å². The number of hydrogen-bond acceptors (Lipinski definition) is 7. The van der Waals surface area contributed by atoms with Crippen molar-refractivity contribution in [3.05, 3.63) is 17.0 Å². The lowest BCUT2D eigenvalue weighted by Crippen LogP contribution is -2.55. The molecule has 0 spiro atoms. The number of hydrogen-bond donors (Lipinski definition) is 2. The van der Waals surface area contributed by atoms with E-state index in [2.05, 4.69) is 20.3 Å². The zero-order valence-electron chi connectivity index (χ0n) is 15.0. The minimum atomic E-state index is -0.567. The summed E-state index contributed by atoms with van der Waals surface area (Å²) in [5.74, 6) is 0.804. The van der Waals surface area contributed by atoms with Gasteiger partial charge >= 0.3 is 0 Å². The van der Waals surface area contributed by atoms with Crippen LogP contribution >= 0.6 is 0 Å². The number of nitrogens with one attached hydrogen (secondary N) is 1. The van der Waals surface area contributed by atoms with E-state index in [9.17, 15) is 9.90 Å². The van der Waals surface area contributed by atoms with E-state index in [0.717, 1.165) is 43.1 Å². The second kappa shape index (κ2) is 8.27. The van der Waals surface area contributed by atoms with Crippen LogP contribution in [0.1, 0.15) is 23.4 Å². The molecule has 0 aliphatic carbocycles. The minimum absolute atomic E-state index is 0.0230. The van der Waals surface area contributed by atoms with Crippen LogP contribution in [0.5, 0.6) is 0 Å². The molecule has 2 fully saturated rings. The molecule has 1 amide bonds. The third-order valence-electron chi connectivity index (χ3n) is 5.05. The summed E-state index contributed by atoms with van der Waals surface area (Å²) in [5, 5.41) is 17.4. The largest absolute Gasteiger partial charge is 0.390 e. The van der Waals surface area contributed by atoms with Crippen molar-refractivity contribution in [2.75, 3.05) is 45.9 Å². The fraction of sp³-hybridized carbons (Fsp3) is 0.765. The lowest BCUT2D eigenvalue weighted by molar-refractivity contribution is -0.125. The van der Waals surface area contributed by atoms with E-state index in [1.807, 2.05) is 13.8 Å². The van der Waals surface area contributed by atoms with Crippen LogP contribution in [-0.4, -0.2) is 84.1 Å². The van der Waals surface area contributed by atoms with Crippen LogP contribution < -0.4 is 5.32 Å². The predicted molar refractivity (Wildman–Crippen MR) is 91.1 cm³/mol. The molecule has 2 aliphatic rings. The molecule has 3 heterocycles. The molecule has 140 valence electrons. The van der Waals surface area contributed by atoms with Gasteiger partial charge in [0.05, 0.1) is 37.6 Å². The Morgan fingerprint density at radius 1 is 1.28 bits per heavy atom. The minimum Gasteiger partial charge on any atom is -0.390 e. The topological polar surface area (TPSA) is 91.1 Å². The number of aryl methyl sites for hydroxylation is 2. The van der Waals surface area contributed by atoms with Gasteiger partial charge in [-0.15, -0.1) is 0 Å². The Hall–Kier alpha value is -1.48. The SMILES string of the molecule is Cc1noc(C)c1CN1CC[C@@H](NC(=O)CN2CCOCC2)[C@H](O)C1. The molecule has 2 atom stereocenters. The van der Waals surface area contributed by atoms with Crippen LogP contribution in [0.25, 0.3) is 0 Å². The Bertz CT molecular complexity index is 566. The summed E-state index contributed by atoms with van der Waals surface area (Å²) in [7, 11) is 0. The monoisotopic (exact) mass is 352 g/mol. The first-order valence-corrected chi connectivity index (χ1v) is 8.94. The molecular formula is C17H28N4O4. The van der Waals surface area contributed by atoms with Crippen LogP contribution in [0.15, 0.2) is 4.52 Å². The van der Waals surface area contributed by atoms with Gasteiger partial charge in [-0.3, -0.25) is 14.6 Å². The molecule has 3 rings (SSSR count). The van der Waals surface area contributed by atoms with Crippen molar-refractivity contribution in [1.82, 2.24) is 20.3 Å². The zero-order valence-corrected chi connectivity index (χ0v) is 15.0. The molecule has 1 aromatic heterocycles. The lowest BCUT2D eigenvalue weighted by atomic mass is 10.0. The normalized spacial score (nSPS) is 25.9. The van der Waals surface area contributed by atoms with Crippen molar-refractivity contribution in [3.63, 3.8) is 0 Å². The first-order chi connectivity index (χ1) is 12.0. The van der Waals surface area contributed by atoms with Crippen LogP contribution in [-0.2, 0) is 16.1 Å². The standard InChI is InChI=1S/C17H28N4O4/c1-12-14(13(2)25-19-12)9-21-4-3-15(16(22)10-21)18-17(23)11-20-5-7-24-8-6-20/h15-16,22H,3-11H2,1-2H3,(H,18,23)/t15-,16-/m1/s1. The second-order valence-corrected chi connectivity index (χ2v) is 6.96. The maximum Gasteiger partial charge on any atom is 0.234 e. The van der Waals surface area contributed by atoms with Gasteiger partial charge in [0, 0.05) is 38.3 Å². The van der Waals surface area contributed by atoms with Crippen molar-refractivity contribution in [3.8, 4) is 0 Å². The molecule has 8 nitrogen and oxygen atoms in total. The van der Waals surface area contributed by atoms with E-state index >= 15 is 0 Å². The number of β-amino-alcohol motifs (C(OH)–C–C–N with tert-alkyl or cyclic N) is 1. The molecule has 2 N–H and O–H groups in total. The molecule has 0 saturated carbocycles. The van der Waals surface area contributed by atoms with Crippen molar-refractivity contribution >= 4 is 5.91 Å². The number of nitrogens with zero attached hydrogens (tertiary/aromatic N) is 3. The van der Waals surface area contributed by atoms with Crippen molar-refractivity contribution in [2.45, 2.75) is 39.0 Å². The summed E-state index contributed by atoms with van der Waals surface area (Å²) in [6, 6.07) is -0.186. The first-order valence-electron chi connectivity index (χ1n) is 8.94. The summed E-state index contributed by atoms with van der Waals surface area (Å²) < 4.78 is 10.5. The number of amides is 1. The lowest BCUT2D eigenvalue weighted by Gasteiger charge is -2.36. The number of carbonyl (C=O) groups is 1. The van der Waals surface area contributed by atoms with Crippen LogP contribution in [0.3, 0.4) is 0 Å². The van der Waals surface area contributed by atoms with Gasteiger partial charge in [0.15, 0.2) is 0 Å². The van der Waals surface area contributed by atoms with Crippen LogP contribution in [0.4, 0.5) is 0 Å². The van der Waals surface area contributed by atoms with Crippen LogP contribution in [0, 0.1) is 13.8 Å². The van der Waals surface area contributed by atoms with Gasteiger partial charge in [0.2, 0.25) is 5.91 Å². The molecule has 0 bridgehead atoms. The number of rotatable bonds is 5. The van der Waals surface area contributed by atoms with Gasteiger partial charge in [-0.1, -0.05) is 5.16 Å². The third kappa shape index (κ3) is 4.78. The van der Waals surface area contributed by atoms with E-state index in [-0.39, 0.29) is 11.9 Å². The van der Waals surface area contributed by atoms with Crippen LogP contribution in [0.2, 0.25) is 0 Å². The summed E-state index contributed by atoms with van der Waals surface area (Å²) in [4.78, 5) is 16.5. The van der Waals surface area contributed by atoms with Crippen molar-refractivity contribution < 1.29 is 19.2 Å². The average molecular weight is 352 g/mol. The molecule has 1 aromatic rings. The fourth-order valence-electron chi connectivity index (χ4n) is 3.48. The summed E-state index contributed by atoms with van der Waals surface area (Å²) in [6.45, 7) is 9.20. The number of aliphatic hydroxyl groups is 1. The van der Waals surface area contributed by atoms with Gasteiger partial charge in [-0.25, -0.2) is 0 Å². The van der Waals surface area contributed by atoms with E-state index in [1.54, 1.807) is 0 Å². The maximum atomic E-state index is 12.2. The van der Waals surface area contributed by atoms with Gasteiger partial charge in [0.25, 0.3) is 0 Å². The number of piperidine rings is 1. The molecule has 2 aliphatic heterocycles. The van der Waals surface area contributed by atoms with Gasteiger partial charge in [0.1, 0.15) is 5.76 Å². The predicted octanol–water partition coefficient (Wildman–Crippen LogP) is -0.325. The molecule has 2 saturated heterocycles. The number of morpholine rings is 1. The molecule has 25 heavy (non-hydrogen) atoms. The van der Waals surface area contributed by atoms with E-state index in [0.29, 0.717) is 32.8 Å². The molecule has 0 unspecified atom stereocenters. The number of ether oxygens (including phenoxy) is 1. The average Bonchev–Trinajstić information content (AvgIpc) is 2.90.